The first kappa shape index (κ1) is 17.9. The van der Waals surface area contributed by atoms with Gasteiger partial charge in [0, 0.05) is 37.8 Å². The molecule has 2 aromatic heterocycles. The summed E-state index contributed by atoms with van der Waals surface area (Å²) in [6.45, 7) is 5.64. The molecule has 2 fully saturated rings. The monoisotopic (exact) mass is 385 g/mol. The molecule has 7 nitrogen and oxygen atoms in total. The Balaban J connectivity index is 1.61. The predicted molar refractivity (Wildman–Crippen MR) is 105 cm³/mol. The molecule has 2 saturated heterocycles. The van der Waals surface area contributed by atoms with Crippen LogP contribution in [0.4, 0.5) is 11.6 Å². The molecule has 0 saturated carbocycles. The van der Waals surface area contributed by atoms with Crippen LogP contribution in [0.1, 0.15) is 25.8 Å². The number of amides is 2. The highest BCUT2D eigenvalue weighted by Gasteiger charge is 2.50. The zero-order valence-electron chi connectivity index (χ0n) is 15.6. The number of aryl methyl sites for hydroxylation is 1. The number of carbonyl (C=O) groups excluding carboxylic acids is 2. The van der Waals surface area contributed by atoms with Crippen LogP contribution in [0.5, 0.6) is 0 Å². The van der Waals surface area contributed by atoms with Crippen molar-refractivity contribution in [2.24, 2.45) is 0 Å². The Hall–Kier alpha value is -2.48. The van der Waals surface area contributed by atoms with Gasteiger partial charge in [-0.2, -0.15) is 11.3 Å². The summed E-state index contributed by atoms with van der Waals surface area (Å²) in [7, 11) is 0. The van der Waals surface area contributed by atoms with Crippen molar-refractivity contribution in [3.63, 3.8) is 0 Å². The van der Waals surface area contributed by atoms with E-state index in [2.05, 4.69) is 21.8 Å². The van der Waals surface area contributed by atoms with Gasteiger partial charge in [0.05, 0.1) is 17.8 Å². The quantitative estimate of drug-likeness (QED) is 0.808. The van der Waals surface area contributed by atoms with Crippen molar-refractivity contribution in [2.45, 2.75) is 32.2 Å². The molecule has 2 aliphatic rings. The first-order valence-electron chi connectivity index (χ1n) is 9.19. The van der Waals surface area contributed by atoms with Crippen LogP contribution in [0.3, 0.4) is 0 Å². The van der Waals surface area contributed by atoms with Gasteiger partial charge < -0.3 is 14.7 Å². The van der Waals surface area contributed by atoms with Gasteiger partial charge in [-0.15, -0.1) is 0 Å². The second-order valence-electron chi connectivity index (χ2n) is 7.21. The van der Waals surface area contributed by atoms with Crippen LogP contribution in [0.15, 0.2) is 29.2 Å². The van der Waals surface area contributed by atoms with Crippen LogP contribution < -0.4 is 9.80 Å². The maximum absolute atomic E-state index is 12.7. The van der Waals surface area contributed by atoms with Crippen molar-refractivity contribution in [2.75, 3.05) is 36.0 Å². The number of piperazine rings is 1. The van der Waals surface area contributed by atoms with Crippen molar-refractivity contribution in [1.82, 2.24) is 14.9 Å². The maximum atomic E-state index is 12.7. The molecule has 4 rings (SSSR count). The van der Waals surface area contributed by atoms with Crippen molar-refractivity contribution in [3.8, 4) is 0 Å². The first-order chi connectivity index (χ1) is 13.0. The van der Waals surface area contributed by atoms with E-state index in [1.165, 1.54) is 0 Å². The van der Waals surface area contributed by atoms with Gasteiger partial charge in [-0.25, -0.2) is 9.97 Å². The van der Waals surface area contributed by atoms with Crippen LogP contribution in [0, 0.1) is 0 Å². The SMILES string of the molecule is CCc1cnc(N2CC[C@]3(C2)CN(c2ccsc2)C(=O)CN3C(C)=O)nc1. The molecule has 142 valence electrons. The molecule has 0 bridgehead atoms. The highest BCUT2D eigenvalue weighted by Crippen LogP contribution is 2.36. The number of anilines is 2. The maximum Gasteiger partial charge on any atom is 0.246 e. The van der Waals surface area contributed by atoms with Gasteiger partial charge in [0.25, 0.3) is 0 Å². The van der Waals surface area contributed by atoms with Crippen molar-refractivity contribution >= 4 is 34.8 Å². The van der Waals surface area contributed by atoms with E-state index in [0.29, 0.717) is 19.0 Å². The third-order valence-electron chi connectivity index (χ3n) is 5.53. The third kappa shape index (κ3) is 3.18. The standard InChI is InChI=1S/C19H23N5O2S/c1-3-15-8-20-18(21-9-15)22-6-5-19(12-22)13-23(16-4-7-27-11-16)17(26)10-24(19)14(2)25/h4,7-9,11H,3,5-6,10,12-13H2,1-2H3/t19-/m0/s1. The minimum absolute atomic E-state index is 0.0313. The summed E-state index contributed by atoms with van der Waals surface area (Å²) >= 11 is 1.57. The van der Waals surface area contributed by atoms with Crippen LogP contribution in [0.25, 0.3) is 0 Å². The van der Waals surface area contributed by atoms with Gasteiger partial charge in [-0.3, -0.25) is 9.59 Å². The minimum atomic E-state index is -0.408. The number of carbonyl (C=O) groups is 2. The van der Waals surface area contributed by atoms with Crippen LogP contribution in [-0.4, -0.2) is 58.4 Å². The summed E-state index contributed by atoms with van der Waals surface area (Å²) < 4.78 is 0. The molecule has 0 aromatic carbocycles. The second kappa shape index (κ2) is 6.92. The van der Waals surface area contributed by atoms with E-state index in [1.807, 2.05) is 34.1 Å². The Morgan fingerprint density at radius 2 is 2.07 bits per heavy atom. The van der Waals surface area contributed by atoms with E-state index in [-0.39, 0.29) is 18.4 Å². The molecule has 1 atom stereocenters. The normalized spacial score (nSPS) is 22.7. The lowest BCUT2D eigenvalue weighted by Gasteiger charge is -2.47. The fourth-order valence-electron chi connectivity index (χ4n) is 4.02. The lowest BCUT2D eigenvalue weighted by Crippen LogP contribution is -2.66. The summed E-state index contributed by atoms with van der Waals surface area (Å²) in [5.74, 6) is 0.597. The molecular weight excluding hydrogens is 362 g/mol. The lowest BCUT2D eigenvalue weighted by molar-refractivity contribution is -0.142. The summed E-state index contributed by atoms with van der Waals surface area (Å²) in [6, 6.07) is 1.96. The Kier molecular flexibility index (Phi) is 4.59. The average molecular weight is 385 g/mol. The Morgan fingerprint density at radius 1 is 1.30 bits per heavy atom. The van der Waals surface area contributed by atoms with Gasteiger partial charge in [-0.05, 0) is 29.9 Å². The number of thiophene rings is 1. The summed E-state index contributed by atoms with van der Waals surface area (Å²) in [5, 5.41) is 3.95. The van der Waals surface area contributed by atoms with Crippen molar-refractivity contribution in [3.05, 3.63) is 34.8 Å². The Labute approximate surface area is 162 Å². The third-order valence-corrected chi connectivity index (χ3v) is 6.20. The molecule has 2 aromatic rings. The topological polar surface area (TPSA) is 69.6 Å². The fourth-order valence-corrected chi connectivity index (χ4v) is 4.66. The van der Waals surface area contributed by atoms with E-state index in [4.69, 9.17) is 0 Å². The molecule has 4 heterocycles. The number of hydrogen-bond donors (Lipinski definition) is 0. The highest BCUT2D eigenvalue weighted by molar-refractivity contribution is 7.08. The van der Waals surface area contributed by atoms with Gasteiger partial charge in [0.15, 0.2) is 0 Å². The number of hydrogen-bond acceptors (Lipinski definition) is 6. The molecular formula is C19H23N5O2S. The van der Waals surface area contributed by atoms with Crippen molar-refractivity contribution < 1.29 is 9.59 Å². The van der Waals surface area contributed by atoms with E-state index >= 15 is 0 Å². The molecule has 27 heavy (non-hydrogen) atoms. The molecule has 2 amide bonds. The molecule has 1 spiro atoms. The summed E-state index contributed by atoms with van der Waals surface area (Å²) in [5.41, 5.74) is 1.61. The Morgan fingerprint density at radius 3 is 2.70 bits per heavy atom. The number of nitrogens with zero attached hydrogens (tertiary/aromatic N) is 5. The average Bonchev–Trinajstić information content (AvgIpc) is 3.34. The summed E-state index contributed by atoms with van der Waals surface area (Å²) in [6.07, 6.45) is 5.41. The summed E-state index contributed by atoms with van der Waals surface area (Å²) in [4.78, 5) is 39.7. The molecule has 0 unspecified atom stereocenters. The smallest absolute Gasteiger partial charge is 0.246 e. The number of aromatic nitrogens is 2. The molecule has 0 radical (unpaired) electrons. The van der Waals surface area contributed by atoms with Crippen LogP contribution >= 0.6 is 11.3 Å². The largest absolute Gasteiger partial charge is 0.338 e. The zero-order valence-corrected chi connectivity index (χ0v) is 16.4. The van der Waals surface area contributed by atoms with Crippen LogP contribution in [-0.2, 0) is 16.0 Å². The van der Waals surface area contributed by atoms with E-state index < -0.39 is 5.54 Å². The van der Waals surface area contributed by atoms with Gasteiger partial charge >= 0.3 is 0 Å². The molecule has 0 aliphatic carbocycles. The van der Waals surface area contributed by atoms with Crippen molar-refractivity contribution in [1.29, 1.82) is 0 Å². The van der Waals surface area contributed by atoms with Gasteiger partial charge in [-0.1, -0.05) is 6.92 Å². The highest BCUT2D eigenvalue weighted by atomic mass is 32.1. The predicted octanol–water partition coefficient (Wildman–Crippen LogP) is 1.94. The Bertz CT molecular complexity index is 838. The van der Waals surface area contributed by atoms with E-state index in [0.717, 1.165) is 30.6 Å². The first-order valence-corrected chi connectivity index (χ1v) is 10.1. The van der Waals surface area contributed by atoms with Gasteiger partial charge in [0.1, 0.15) is 6.54 Å². The van der Waals surface area contributed by atoms with E-state index in [1.54, 1.807) is 23.2 Å². The van der Waals surface area contributed by atoms with Gasteiger partial charge in [0.2, 0.25) is 17.8 Å². The second-order valence-corrected chi connectivity index (χ2v) is 7.99. The minimum Gasteiger partial charge on any atom is -0.338 e. The zero-order chi connectivity index (χ0) is 19.0. The fraction of sp³-hybridized carbons (Fsp3) is 0.474. The van der Waals surface area contributed by atoms with E-state index in [9.17, 15) is 9.59 Å². The molecule has 0 N–H and O–H groups in total. The molecule has 2 aliphatic heterocycles. The lowest BCUT2D eigenvalue weighted by atomic mass is 9.92. The van der Waals surface area contributed by atoms with Crippen LogP contribution in [0.2, 0.25) is 0 Å². The molecule has 8 heteroatoms. The number of rotatable bonds is 3.